The highest BCUT2D eigenvalue weighted by Gasteiger charge is 2.15. The van der Waals surface area contributed by atoms with Crippen molar-refractivity contribution in [3.05, 3.63) is 35.4 Å². The van der Waals surface area contributed by atoms with E-state index in [1.165, 1.54) is 11.1 Å². The zero-order valence-corrected chi connectivity index (χ0v) is 11.1. The van der Waals surface area contributed by atoms with Crippen molar-refractivity contribution < 1.29 is 4.79 Å². The maximum atomic E-state index is 11.7. The molecule has 0 aliphatic heterocycles. The summed E-state index contributed by atoms with van der Waals surface area (Å²) < 4.78 is 0. The number of thioether (sulfide) groups is 1. The fourth-order valence-corrected chi connectivity index (χ4v) is 1.87. The molecule has 1 rings (SSSR count). The fourth-order valence-electron chi connectivity index (χ4n) is 1.59. The summed E-state index contributed by atoms with van der Waals surface area (Å²) in [6.45, 7) is 6.01. The molecule has 88 valence electrons. The van der Waals surface area contributed by atoms with Crippen molar-refractivity contribution in [3.8, 4) is 0 Å². The van der Waals surface area contributed by atoms with Gasteiger partial charge < -0.3 is 5.32 Å². The summed E-state index contributed by atoms with van der Waals surface area (Å²) in [4.78, 5) is 11.7. The number of hydrogen-bond acceptors (Lipinski definition) is 2. The molecule has 0 fully saturated rings. The summed E-state index contributed by atoms with van der Waals surface area (Å²) in [6.07, 6.45) is 1.95. The van der Waals surface area contributed by atoms with Gasteiger partial charge in [0.25, 0.3) is 0 Å². The Balaban J connectivity index is 2.69. The molecule has 0 saturated heterocycles. The van der Waals surface area contributed by atoms with Crippen LogP contribution >= 0.6 is 11.8 Å². The third kappa shape index (κ3) is 3.27. The minimum absolute atomic E-state index is 0.00599. The van der Waals surface area contributed by atoms with E-state index in [4.69, 9.17) is 0 Å². The molecule has 1 aromatic carbocycles. The minimum atomic E-state index is 0.00599. The Labute approximate surface area is 102 Å². The SMILES string of the molecule is CS[C@@H](C)C(=O)N[C@H](C)c1ccccc1C. The van der Waals surface area contributed by atoms with Gasteiger partial charge in [0, 0.05) is 0 Å². The summed E-state index contributed by atoms with van der Waals surface area (Å²) in [5, 5.41) is 3.03. The van der Waals surface area contributed by atoms with Crippen LogP contribution in [-0.2, 0) is 4.79 Å². The third-order valence-electron chi connectivity index (χ3n) is 2.74. The van der Waals surface area contributed by atoms with E-state index >= 15 is 0 Å². The Hall–Kier alpha value is -0.960. The smallest absolute Gasteiger partial charge is 0.233 e. The van der Waals surface area contributed by atoms with Crippen molar-refractivity contribution in [2.75, 3.05) is 6.26 Å². The summed E-state index contributed by atoms with van der Waals surface area (Å²) in [6, 6.07) is 8.21. The molecule has 2 atom stereocenters. The number of carbonyl (C=O) groups is 1. The molecule has 0 saturated carbocycles. The van der Waals surface area contributed by atoms with Crippen molar-refractivity contribution in [1.29, 1.82) is 0 Å². The van der Waals surface area contributed by atoms with E-state index in [1.807, 2.05) is 32.2 Å². The van der Waals surface area contributed by atoms with Gasteiger partial charge in [0.1, 0.15) is 0 Å². The van der Waals surface area contributed by atoms with Gasteiger partial charge in [-0.1, -0.05) is 24.3 Å². The van der Waals surface area contributed by atoms with Crippen molar-refractivity contribution >= 4 is 17.7 Å². The van der Waals surface area contributed by atoms with Gasteiger partial charge in [0.05, 0.1) is 11.3 Å². The van der Waals surface area contributed by atoms with E-state index in [2.05, 4.69) is 24.4 Å². The Morgan fingerprint density at radius 3 is 2.50 bits per heavy atom. The molecule has 0 heterocycles. The van der Waals surface area contributed by atoms with E-state index in [9.17, 15) is 4.79 Å². The van der Waals surface area contributed by atoms with E-state index in [0.29, 0.717) is 0 Å². The summed E-state index contributed by atoms with van der Waals surface area (Å²) >= 11 is 1.56. The molecule has 16 heavy (non-hydrogen) atoms. The Morgan fingerprint density at radius 2 is 1.94 bits per heavy atom. The Bertz CT molecular complexity index is 365. The maximum absolute atomic E-state index is 11.7. The molecular formula is C13H19NOS. The normalized spacial score (nSPS) is 14.2. The number of benzene rings is 1. The zero-order chi connectivity index (χ0) is 12.1. The van der Waals surface area contributed by atoms with Gasteiger partial charge in [-0.3, -0.25) is 4.79 Å². The first kappa shape index (κ1) is 13.1. The third-order valence-corrected chi connectivity index (χ3v) is 3.66. The first-order valence-electron chi connectivity index (χ1n) is 5.45. The molecule has 0 bridgehead atoms. The minimum Gasteiger partial charge on any atom is -0.349 e. The van der Waals surface area contributed by atoms with E-state index in [0.717, 1.165) is 0 Å². The second-order valence-corrected chi connectivity index (χ2v) is 5.14. The van der Waals surface area contributed by atoms with Gasteiger partial charge in [0.2, 0.25) is 5.91 Å². The monoisotopic (exact) mass is 237 g/mol. The van der Waals surface area contributed by atoms with Gasteiger partial charge in [-0.25, -0.2) is 0 Å². The molecule has 1 aromatic rings. The molecule has 2 nitrogen and oxygen atoms in total. The van der Waals surface area contributed by atoms with Crippen LogP contribution in [0.4, 0.5) is 0 Å². The van der Waals surface area contributed by atoms with Gasteiger partial charge in [-0.15, -0.1) is 0 Å². The van der Waals surface area contributed by atoms with Crippen molar-refractivity contribution in [2.45, 2.75) is 32.1 Å². The quantitative estimate of drug-likeness (QED) is 0.872. The predicted octanol–water partition coefficient (Wildman–Crippen LogP) is 2.92. The highest BCUT2D eigenvalue weighted by molar-refractivity contribution is 7.99. The molecular weight excluding hydrogens is 218 g/mol. The van der Waals surface area contributed by atoms with Crippen molar-refractivity contribution in [3.63, 3.8) is 0 Å². The van der Waals surface area contributed by atoms with Crippen LogP contribution in [0.25, 0.3) is 0 Å². The first-order chi connectivity index (χ1) is 7.56. The Morgan fingerprint density at radius 1 is 1.31 bits per heavy atom. The largest absolute Gasteiger partial charge is 0.349 e. The number of carbonyl (C=O) groups excluding carboxylic acids is 1. The van der Waals surface area contributed by atoms with Crippen molar-refractivity contribution in [1.82, 2.24) is 5.32 Å². The number of aryl methyl sites for hydroxylation is 1. The van der Waals surface area contributed by atoms with Crippen LogP contribution in [0.3, 0.4) is 0 Å². The predicted molar refractivity (Wildman–Crippen MR) is 70.7 cm³/mol. The molecule has 1 amide bonds. The molecule has 0 radical (unpaired) electrons. The molecule has 0 unspecified atom stereocenters. The van der Waals surface area contributed by atoms with Gasteiger partial charge >= 0.3 is 0 Å². The molecule has 0 spiro atoms. The highest BCUT2D eigenvalue weighted by Crippen LogP contribution is 2.17. The van der Waals surface area contributed by atoms with Crippen LogP contribution in [-0.4, -0.2) is 17.4 Å². The van der Waals surface area contributed by atoms with Crippen molar-refractivity contribution in [2.24, 2.45) is 0 Å². The average molecular weight is 237 g/mol. The molecule has 0 aliphatic carbocycles. The molecule has 3 heteroatoms. The number of hydrogen-bond donors (Lipinski definition) is 1. The van der Waals surface area contributed by atoms with Gasteiger partial charge in [-0.05, 0) is 38.2 Å². The lowest BCUT2D eigenvalue weighted by Crippen LogP contribution is -2.33. The molecule has 1 N–H and O–H groups in total. The maximum Gasteiger partial charge on any atom is 0.233 e. The van der Waals surface area contributed by atoms with Crippen LogP contribution < -0.4 is 5.32 Å². The van der Waals surface area contributed by atoms with Crippen LogP contribution in [0.1, 0.15) is 31.0 Å². The lowest BCUT2D eigenvalue weighted by molar-refractivity contribution is -0.120. The van der Waals surface area contributed by atoms with Crippen LogP contribution in [0, 0.1) is 6.92 Å². The lowest BCUT2D eigenvalue weighted by Gasteiger charge is -2.18. The second kappa shape index (κ2) is 5.94. The standard InChI is InChI=1S/C13H19NOS/c1-9-7-5-6-8-12(9)10(2)14-13(15)11(3)16-4/h5-8,10-11H,1-4H3,(H,14,15)/t10-,11+/m1/s1. The zero-order valence-electron chi connectivity index (χ0n) is 10.3. The van der Waals surface area contributed by atoms with Crippen LogP contribution in [0.5, 0.6) is 0 Å². The second-order valence-electron chi connectivity index (χ2n) is 3.96. The van der Waals surface area contributed by atoms with Crippen LogP contribution in [0.15, 0.2) is 24.3 Å². The number of nitrogens with one attached hydrogen (secondary N) is 1. The summed E-state index contributed by atoms with van der Waals surface area (Å²) in [5.41, 5.74) is 2.40. The Kier molecular flexibility index (Phi) is 4.87. The van der Waals surface area contributed by atoms with E-state index in [1.54, 1.807) is 11.8 Å². The lowest BCUT2D eigenvalue weighted by atomic mass is 10.0. The summed E-state index contributed by atoms with van der Waals surface area (Å²) in [7, 11) is 0. The molecule has 0 aliphatic rings. The van der Waals surface area contributed by atoms with E-state index < -0.39 is 0 Å². The van der Waals surface area contributed by atoms with E-state index in [-0.39, 0.29) is 17.2 Å². The van der Waals surface area contributed by atoms with Gasteiger partial charge in [-0.2, -0.15) is 11.8 Å². The number of rotatable bonds is 4. The molecule has 0 aromatic heterocycles. The fraction of sp³-hybridized carbons (Fsp3) is 0.462. The topological polar surface area (TPSA) is 29.1 Å². The number of amides is 1. The average Bonchev–Trinajstić information content (AvgIpc) is 2.28. The summed E-state index contributed by atoms with van der Waals surface area (Å²) in [5.74, 6) is 0.100. The highest BCUT2D eigenvalue weighted by atomic mass is 32.2. The first-order valence-corrected chi connectivity index (χ1v) is 6.73. The van der Waals surface area contributed by atoms with Gasteiger partial charge in [0.15, 0.2) is 0 Å². The van der Waals surface area contributed by atoms with Crippen LogP contribution in [0.2, 0.25) is 0 Å².